The number of para-hydroxylation sites is 1. The van der Waals surface area contributed by atoms with Gasteiger partial charge < -0.3 is 14.8 Å². The fourth-order valence-corrected chi connectivity index (χ4v) is 2.88. The average molecular weight is 395 g/mol. The fourth-order valence-electron chi connectivity index (χ4n) is 2.88. The lowest BCUT2D eigenvalue weighted by Gasteiger charge is -2.11. The normalized spacial score (nSPS) is 11.0. The number of unbranched alkanes of at least 4 members (excludes halogenated alkanes) is 1. The molecule has 0 saturated heterocycles. The molecule has 0 aliphatic carbocycles. The van der Waals surface area contributed by atoms with Crippen LogP contribution in [-0.4, -0.2) is 31.5 Å². The maximum atomic E-state index is 13.0. The number of rotatable bonds is 12. The number of carbonyl (C=O) groups is 2. The van der Waals surface area contributed by atoms with Gasteiger partial charge in [-0.25, -0.2) is 4.79 Å². The molecule has 0 saturated carbocycles. The third kappa shape index (κ3) is 7.11. The summed E-state index contributed by atoms with van der Waals surface area (Å²) in [6.07, 6.45) is 4.40. The molecular weight excluding hydrogens is 366 g/mol. The van der Waals surface area contributed by atoms with Gasteiger partial charge in [0.1, 0.15) is 11.3 Å². The van der Waals surface area contributed by atoms with Crippen LogP contribution in [0.2, 0.25) is 0 Å². The highest BCUT2D eigenvalue weighted by Gasteiger charge is 2.23. The Bertz CT molecular complexity index is 815. The first-order chi connectivity index (χ1) is 14.2. The van der Waals surface area contributed by atoms with Crippen LogP contribution < -0.4 is 10.1 Å². The molecule has 0 aromatic heterocycles. The van der Waals surface area contributed by atoms with Gasteiger partial charge in [-0.3, -0.25) is 4.79 Å². The number of aryl methyl sites for hydroxylation is 1. The van der Waals surface area contributed by atoms with Gasteiger partial charge in [0.15, 0.2) is 0 Å². The van der Waals surface area contributed by atoms with Crippen molar-refractivity contribution in [3.63, 3.8) is 0 Å². The second-order valence-electron chi connectivity index (χ2n) is 6.43. The topological polar surface area (TPSA) is 64.6 Å². The summed E-state index contributed by atoms with van der Waals surface area (Å²) in [4.78, 5) is 25.3. The van der Waals surface area contributed by atoms with Gasteiger partial charge in [-0.1, -0.05) is 42.5 Å². The molecule has 0 fully saturated rings. The molecule has 0 atom stereocenters. The summed E-state index contributed by atoms with van der Waals surface area (Å²) in [6, 6.07) is 17.2. The highest BCUT2D eigenvalue weighted by molar-refractivity contribution is 6.25. The number of hydrogen-bond donors (Lipinski definition) is 1. The summed E-state index contributed by atoms with van der Waals surface area (Å²) < 4.78 is 10.6. The van der Waals surface area contributed by atoms with Crippen molar-refractivity contribution in [3.05, 3.63) is 77.5 Å². The van der Waals surface area contributed by atoms with E-state index in [2.05, 4.69) is 17.4 Å². The minimum absolute atomic E-state index is 0.0259. The Morgan fingerprint density at radius 3 is 2.38 bits per heavy atom. The lowest BCUT2D eigenvalue weighted by atomic mass is 10.0. The second-order valence-corrected chi connectivity index (χ2v) is 6.43. The molecule has 2 rings (SSSR count). The van der Waals surface area contributed by atoms with E-state index in [1.165, 1.54) is 11.8 Å². The van der Waals surface area contributed by atoms with Crippen LogP contribution in [0.5, 0.6) is 5.75 Å². The molecule has 0 aliphatic rings. The van der Waals surface area contributed by atoms with Crippen molar-refractivity contribution < 1.29 is 19.1 Å². The molecule has 0 spiro atoms. The molecule has 0 unspecified atom stereocenters. The zero-order valence-electron chi connectivity index (χ0n) is 17.1. The number of Topliss-reactive ketones (excluding diaryl/α,β-unsaturated/α-hetero) is 1. The van der Waals surface area contributed by atoms with E-state index >= 15 is 0 Å². The standard InChI is InChI=1S/C24H29NO4/c1-3-28-22-16-9-8-15-20(22)23(26)21(24(27)29-4-2)18-25-17-11-10-14-19-12-6-5-7-13-19/h5-9,12-13,15-16,18,25H,3-4,10-11,14,17H2,1-2H3/b21-18+. The lowest BCUT2D eigenvalue weighted by Crippen LogP contribution is -2.20. The van der Waals surface area contributed by atoms with Gasteiger partial charge in [-0.05, 0) is 50.8 Å². The third-order valence-electron chi connectivity index (χ3n) is 4.30. The number of ketones is 1. The smallest absolute Gasteiger partial charge is 0.343 e. The quantitative estimate of drug-likeness (QED) is 0.145. The molecule has 154 valence electrons. The predicted octanol–water partition coefficient (Wildman–Crippen LogP) is 4.33. The molecule has 29 heavy (non-hydrogen) atoms. The first kappa shape index (κ1) is 22.2. The van der Waals surface area contributed by atoms with Crippen LogP contribution in [0.3, 0.4) is 0 Å². The summed E-state index contributed by atoms with van der Waals surface area (Å²) in [5.41, 5.74) is 1.62. The van der Waals surface area contributed by atoms with Gasteiger partial charge in [0.2, 0.25) is 5.78 Å². The van der Waals surface area contributed by atoms with E-state index in [0.29, 0.717) is 24.5 Å². The molecule has 0 heterocycles. The van der Waals surface area contributed by atoms with Crippen molar-refractivity contribution in [2.75, 3.05) is 19.8 Å². The summed E-state index contributed by atoms with van der Waals surface area (Å²) >= 11 is 0. The van der Waals surface area contributed by atoms with Gasteiger partial charge in [-0.2, -0.15) is 0 Å². The van der Waals surface area contributed by atoms with Crippen LogP contribution in [-0.2, 0) is 16.0 Å². The van der Waals surface area contributed by atoms with Gasteiger partial charge in [-0.15, -0.1) is 0 Å². The molecule has 0 aliphatic heterocycles. The highest BCUT2D eigenvalue weighted by Crippen LogP contribution is 2.22. The second kappa shape index (κ2) is 12.4. The molecule has 0 amide bonds. The zero-order chi connectivity index (χ0) is 20.9. The molecular formula is C24H29NO4. The zero-order valence-corrected chi connectivity index (χ0v) is 17.1. The van der Waals surface area contributed by atoms with Crippen molar-refractivity contribution in [2.24, 2.45) is 0 Å². The lowest BCUT2D eigenvalue weighted by molar-refractivity contribution is -0.138. The molecule has 2 aromatic rings. The number of benzene rings is 2. The first-order valence-electron chi connectivity index (χ1n) is 10.1. The molecule has 0 radical (unpaired) electrons. The van der Waals surface area contributed by atoms with Crippen LogP contribution in [0.4, 0.5) is 0 Å². The van der Waals surface area contributed by atoms with E-state index in [9.17, 15) is 9.59 Å². The van der Waals surface area contributed by atoms with Crippen molar-refractivity contribution in [1.29, 1.82) is 0 Å². The largest absolute Gasteiger partial charge is 0.493 e. The van der Waals surface area contributed by atoms with Crippen LogP contribution >= 0.6 is 0 Å². The van der Waals surface area contributed by atoms with Gasteiger partial charge >= 0.3 is 5.97 Å². The Labute approximate surface area is 172 Å². The molecule has 0 bridgehead atoms. The van der Waals surface area contributed by atoms with Crippen molar-refractivity contribution in [2.45, 2.75) is 33.1 Å². The fraction of sp³-hybridized carbons (Fsp3) is 0.333. The minimum Gasteiger partial charge on any atom is -0.493 e. The van der Waals surface area contributed by atoms with Crippen LogP contribution in [0.25, 0.3) is 0 Å². The van der Waals surface area contributed by atoms with E-state index in [4.69, 9.17) is 9.47 Å². The van der Waals surface area contributed by atoms with Crippen molar-refractivity contribution >= 4 is 11.8 Å². The number of esters is 1. The molecule has 5 nitrogen and oxygen atoms in total. The summed E-state index contributed by atoms with van der Waals surface area (Å²) in [7, 11) is 0. The monoisotopic (exact) mass is 395 g/mol. The van der Waals surface area contributed by atoms with Gasteiger partial charge in [0.05, 0.1) is 18.8 Å². The van der Waals surface area contributed by atoms with Crippen LogP contribution in [0.1, 0.15) is 42.6 Å². The number of ether oxygens (including phenoxy) is 2. The molecule has 5 heteroatoms. The maximum absolute atomic E-state index is 13.0. The summed E-state index contributed by atoms with van der Waals surface area (Å²) in [5.74, 6) is -0.595. The summed E-state index contributed by atoms with van der Waals surface area (Å²) in [5, 5.41) is 3.09. The van der Waals surface area contributed by atoms with Gasteiger partial charge in [0, 0.05) is 12.7 Å². The van der Waals surface area contributed by atoms with Crippen molar-refractivity contribution in [3.8, 4) is 5.75 Å². The Balaban J connectivity index is 2.00. The van der Waals surface area contributed by atoms with E-state index in [1.807, 2.05) is 25.1 Å². The molecule has 2 aromatic carbocycles. The third-order valence-corrected chi connectivity index (χ3v) is 4.30. The van der Waals surface area contributed by atoms with E-state index in [1.54, 1.807) is 31.2 Å². The SMILES string of the molecule is CCOC(=O)/C(=C/NCCCCc1ccccc1)C(=O)c1ccccc1OCC. The Morgan fingerprint density at radius 2 is 1.66 bits per heavy atom. The van der Waals surface area contributed by atoms with E-state index < -0.39 is 11.8 Å². The Kier molecular flexibility index (Phi) is 9.49. The summed E-state index contributed by atoms with van der Waals surface area (Å²) in [6.45, 7) is 4.86. The van der Waals surface area contributed by atoms with Crippen LogP contribution in [0, 0.1) is 0 Å². The number of carbonyl (C=O) groups excluding carboxylic acids is 2. The number of hydrogen-bond acceptors (Lipinski definition) is 5. The number of nitrogens with one attached hydrogen (secondary N) is 1. The Hall–Kier alpha value is -3.08. The minimum atomic E-state index is -0.638. The molecule has 1 N–H and O–H groups in total. The maximum Gasteiger partial charge on any atom is 0.343 e. The highest BCUT2D eigenvalue weighted by atomic mass is 16.5. The Morgan fingerprint density at radius 1 is 0.931 bits per heavy atom. The van der Waals surface area contributed by atoms with Gasteiger partial charge in [0.25, 0.3) is 0 Å². The van der Waals surface area contributed by atoms with E-state index in [0.717, 1.165) is 19.3 Å². The first-order valence-corrected chi connectivity index (χ1v) is 10.1. The van der Waals surface area contributed by atoms with Crippen LogP contribution in [0.15, 0.2) is 66.4 Å². The predicted molar refractivity (Wildman–Crippen MR) is 114 cm³/mol. The van der Waals surface area contributed by atoms with E-state index in [-0.39, 0.29) is 12.2 Å². The van der Waals surface area contributed by atoms with Crippen molar-refractivity contribution in [1.82, 2.24) is 5.32 Å². The average Bonchev–Trinajstić information content (AvgIpc) is 2.74.